The number of aryl methyl sites for hydroxylation is 1. The van der Waals surface area contributed by atoms with Gasteiger partial charge < -0.3 is 15.0 Å². The van der Waals surface area contributed by atoms with Gasteiger partial charge in [-0.25, -0.2) is 0 Å². The zero-order valence-corrected chi connectivity index (χ0v) is 16.0. The SMILES string of the molecule is CN=C(NCC1CN2CCN1CC2)N1CCOC(c2ccccc2C)C1. The molecule has 6 nitrogen and oxygen atoms in total. The van der Waals surface area contributed by atoms with E-state index in [0.717, 1.165) is 32.2 Å². The molecule has 1 aromatic rings. The van der Waals surface area contributed by atoms with E-state index in [1.807, 2.05) is 7.05 Å². The first-order valence-electron chi connectivity index (χ1n) is 9.83. The Labute approximate surface area is 156 Å². The molecule has 2 bridgehead atoms. The molecule has 1 N–H and O–H groups in total. The lowest BCUT2D eigenvalue weighted by atomic mass is 10.0. The summed E-state index contributed by atoms with van der Waals surface area (Å²) in [7, 11) is 1.89. The molecule has 26 heavy (non-hydrogen) atoms. The maximum Gasteiger partial charge on any atom is 0.193 e. The van der Waals surface area contributed by atoms with Crippen LogP contribution in [-0.4, -0.2) is 92.7 Å². The van der Waals surface area contributed by atoms with E-state index < -0.39 is 0 Å². The van der Waals surface area contributed by atoms with E-state index in [1.165, 1.54) is 43.9 Å². The number of rotatable bonds is 3. The average molecular weight is 358 g/mol. The highest BCUT2D eigenvalue weighted by Gasteiger charge is 2.32. The topological polar surface area (TPSA) is 43.3 Å². The first kappa shape index (κ1) is 17.8. The molecule has 4 fully saturated rings. The summed E-state index contributed by atoms with van der Waals surface area (Å²) in [5.41, 5.74) is 2.58. The molecule has 4 heterocycles. The Hall–Kier alpha value is -1.63. The van der Waals surface area contributed by atoms with Crippen LogP contribution < -0.4 is 5.32 Å². The van der Waals surface area contributed by atoms with E-state index in [9.17, 15) is 0 Å². The number of fused-ring (bicyclic) bond motifs is 3. The number of aliphatic imine (C=N–C) groups is 1. The zero-order chi connectivity index (χ0) is 17.9. The van der Waals surface area contributed by atoms with Crippen LogP contribution in [0.4, 0.5) is 0 Å². The third-order valence-corrected chi connectivity index (χ3v) is 6.00. The molecule has 142 valence electrons. The molecular weight excluding hydrogens is 326 g/mol. The number of nitrogens with one attached hydrogen (secondary N) is 1. The molecule has 4 aliphatic heterocycles. The van der Waals surface area contributed by atoms with Gasteiger partial charge >= 0.3 is 0 Å². The monoisotopic (exact) mass is 357 g/mol. The van der Waals surface area contributed by atoms with Crippen molar-refractivity contribution in [1.82, 2.24) is 20.0 Å². The summed E-state index contributed by atoms with van der Waals surface area (Å²) < 4.78 is 6.07. The van der Waals surface area contributed by atoms with E-state index in [0.29, 0.717) is 6.04 Å². The van der Waals surface area contributed by atoms with E-state index in [4.69, 9.17) is 4.74 Å². The van der Waals surface area contributed by atoms with Crippen LogP contribution in [0, 0.1) is 6.92 Å². The molecule has 0 saturated carbocycles. The third kappa shape index (κ3) is 3.72. The van der Waals surface area contributed by atoms with Crippen molar-refractivity contribution in [3.63, 3.8) is 0 Å². The van der Waals surface area contributed by atoms with Crippen LogP contribution in [0.2, 0.25) is 0 Å². The first-order chi connectivity index (χ1) is 12.7. The quantitative estimate of drug-likeness (QED) is 0.644. The van der Waals surface area contributed by atoms with Crippen molar-refractivity contribution < 1.29 is 4.74 Å². The molecule has 2 unspecified atom stereocenters. The predicted molar refractivity (Wildman–Crippen MR) is 105 cm³/mol. The van der Waals surface area contributed by atoms with Crippen LogP contribution in [0.25, 0.3) is 0 Å². The van der Waals surface area contributed by atoms with Crippen LogP contribution in [0.3, 0.4) is 0 Å². The highest BCUT2D eigenvalue weighted by Crippen LogP contribution is 2.25. The Morgan fingerprint density at radius 3 is 2.65 bits per heavy atom. The largest absolute Gasteiger partial charge is 0.370 e. The van der Waals surface area contributed by atoms with E-state index in [2.05, 4.69) is 56.2 Å². The Balaban J connectivity index is 1.36. The van der Waals surface area contributed by atoms with Gasteiger partial charge in [0, 0.05) is 58.9 Å². The lowest BCUT2D eigenvalue weighted by Gasteiger charge is -2.47. The molecule has 4 saturated heterocycles. The van der Waals surface area contributed by atoms with E-state index in [1.54, 1.807) is 0 Å². The predicted octanol–water partition coefficient (Wildman–Crippen LogP) is 0.944. The second-order valence-electron chi connectivity index (χ2n) is 7.58. The highest BCUT2D eigenvalue weighted by molar-refractivity contribution is 5.80. The number of guanidine groups is 1. The van der Waals surface area contributed by atoms with Gasteiger partial charge in [-0.2, -0.15) is 0 Å². The van der Waals surface area contributed by atoms with Crippen LogP contribution in [0.5, 0.6) is 0 Å². The summed E-state index contributed by atoms with van der Waals surface area (Å²) in [5, 5.41) is 3.63. The number of hydrogen-bond acceptors (Lipinski definition) is 4. The number of morpholine rings is 1. The second kappa shape index (κ2) is 7.94. The van der Waals surface area contributed by atoms with Crippen molar-refractivity contribution in [1.29, 1.82) is 0 Å². The molecule has 0 amide bonds. The van der Waals surface area contributed by atoms with Crippen LogP contribution in [0.15, 0.2) is 29.3 Å². The van der Waals surface area contributed by atoms with Crippen LogP contribution in [-0.2, 0) is 4.74 Å². The summed E-state index contributed by atoms with van der Waals surface area (Å²) in [6.07, 6.45) is 0.115. The van der Waals surface area contributed by atoms with E-state index >= 15 is 0 Å². The van der Waals surface area contributed by atoms with Crippen molar-refractivity contribution in [3.05, 3.63) is 35.4 Å². The van der Waals surface area contributed by atoms with Gasteiger partial charge in [0.2, 0.25) is 0 Å². The lowest BCUT2D eigenvalue weighted by Crippen LogP contribution is -2.64. The highest BCUT2D eigenvalue weighted by atomic mass is 16.5. The number of piperazine rings is 3. The van der Waals surface area contributed by atoms with E-state index in [-0.39, 0.29) is 6.10 Å². The molecule has 0 aliphatic carbocycles. The molecule has 1 aromatic carbocycles. The summed E-state index contributed by atoms with van der Waals surface area (Å²) >= 11 is 0. The molecular formula is C20H31N5O. The molecule has 0 spiro atoms. The van der Waals surface area contributed by atoms with Crippen molar-refractivity contribution in [2.45, 2.75) is 19.1 Å². The number of ether oxygens (including phenoxy) is 1. The van der Waals surface area contributed by atoms with Crippen LogP contribution in [0.1, 0.15) is 17.2 Å². The zero-order valence-electron chi connectivity index (χ0n) is 16.0. The Morgan fingerprint density at radius 1 is 1.15 bits per heavy atom. The Kier molecular flexibility index (Phi) is 5.43. The van der Waals surface area contributed by atoms with Gasteiger partial charge in [0.15, 0.2) is 5.96 Å². The molecule has 5 rings (SSSR count). The molecule has 6 heteroatoms. The fourth-order valence-electron chi connectivity index (χ4n) is 4.44. The number of nitrogens with zero attached hydrogens (tertiary/aromatic N) is 4. The summed E-state index contributed by atoms with van der Waals surface area (Å²) in [6.45, 7) is 11.7. The summed E-state index contributed by atoms with van der Waals surface area (Å²) in [6, 6.07) is 9.12. The van der Waals surface area contributed by atoms with Gasteiger partial charge in [0.25, 0.3) is 0 Å². The minimum absolute atomic E-state index is 0.115. The minimum Gasteiger partial charge on any atom is -0.370 e. The van der Waals surface area contributed by atoms with Gasteiger partial charge in [-0.3, -0.25) is 14.8 Å². The van der Waals surface area contributed by atoms with Crippen molar-refractivity contribution in [3.8, 4) is 0 Å². The van der Waals surface area contributed by atoms with Gasteiger partial charge in [0.1, 0.15) is 6.10 Å². The normalized spacial score (nSPS) is 31.9. The van der Waals surface area contributed by atoms with Gasteiger partial charge in [-0.15, -0.1) is 0 Å². The summed E-state index contributed by atoms with van der Waals surface area (Å²) in [4.78, 5) is 12.1. The Morgan fingerprint density at radius 2 is 1.96 bits per heavy atom. The van der Waals surface area contributed by atoms with Crippen molar-refractivity contribution in [2.24, 2.45) is 4.99 Å². The maximum absolute atomic E-state index is 6.07. The van der Waals surface area contributed by atoms with Crippen LogP contribution >= 0.6 is 0 Å². The smallest absolute Gasteiger partial charge is 0.193 e. The lowest BCUT2D eigenvalue weighted by molar-refractivity contribution is -0.00927. The number of hydrogen-bond donors (Lipinski definition) is 1. The fourth-order valence-corrected chi connectivity index (χ4v) is 4.44. The average Bonchev–Trinajstić information content (AvgIpc) is 2.70. The fraction of sp³-hybridized carbons (Fsp3) is 0.650. The maximum atomic E-state index is 6.07. The third-order valence-electron chi connectivity index (χ3n) is 6.00. The molecule has 0 radical (unpaired) electrons. The van der Waals surface area contributed by atoms with Gasteiger partial charge in [-0.05, 0) is 18.1 Å². The minimum atomic E-state index is 0.115. The molecule has 4 aliphatic rings. The standard InChI is InChI=1S/C20H31N5O/c1-16-5-3-4-6-18(16)19-15-25(11-12-26-19)20(21-2)22-13-17-14-23-7-9-24(17)10-8-23/h3-6,17,19H,7-15H2,1-2H3,(H,21,22). The first-order valence-corrected chi connectivity index (χ1v) is 9.83. The summed E-state index contributed by atoms with van der Waals surface area (Å²) in [5.74, 6) is 1.00. The van der Waals surface area contributed by atoms with Crippen molar-refractivity contribution in [2.75, 3.05) is 66.0 Å². The van der Waals surface area contributed by atoms with Crippen molar-refractivity contribution >= 4 is 5.96 Å². The van der Waals surface area contributed by atoms with Gasteiger partial charge in [0.05, 0.1) is 13.2 Å². The number of benzene rings is 1. The molecule has 0 aromatic heterocycles. The molecule has 2 atom stereocenters. The second-order valence-corrected chi connectivity index (χ2v) is 7.58. The Bertz CT molecular complexity index is 641. The van der Waals surface area contributed by atoms with Gasteiger partial charge in [-0.1, -0.05) is 24.3 Å².